The van der Waals surface area contributed by atoms with Gasteiger partial charge in [0.05, 0.1) is 17.1 Å². The fraction of sp³-hybridized carbons (Fsp3) is 0.267. The summed E-state index contributed by atoms with van der Waals surface area (Å²) in [6.07, 6.45) is 0. The van der Waals surface area contributed by atoms with E-state index >= 15 is 0 Å². The smallest absolute Gasteiger partial charge is 0.269 e. The summed E-state index contributed by atoms with van der Waals surface area (Å²) in [5.74, 6) is -0.553. The van der Waals surface area contributed by atoms with E-state index in [0.29, 0.717) is 17.9 Å². The zero-order chi connectivity index (χ0) is 16.1. The molecule has 22 heavy (non-hydrogen) atoms. The maximum Gasteiger partial charge on any atom is 0.269 e. The third-order valence-electron chi connectivity index (χ3n) is 3.04. The zero-order valence-corrected chi connectivity index (χ0v) is 13.3. The van der Waals surface area contributed by atoms with Crippen LogP contribution >= 0.6 is 11.8 Å². The Bertz CT molecular complexity index is 682. The molecule has 2 rings (SSSR count). The number of amides is 2. The van der Waals surface area contributed by atoms with E-state index in [1.54, 1.807) is 6.92 Å². The fourth-order valence-corrected chi connectivity index (χ4v) is 2.77. The van der Waals surface area contributed by atoms with Crippen LogP contribution in [-0.4, -0.2) is 27.3 Å². The Morgan fingerprint density at radius 1 is 1.32 bits per heavy atom. The number of rotatable bonds is 6. The molecule has 2 aromatic rings. The van der Waals surface area contributed by atoms with Gasteiger partial charge in [-0.05, 0) is 26.0 Å². The summed E-state index contributed by atoms with van der Waals surface area (Å²) >= 11 is 1.43. The Morgan fingerprint density at radius 2 is 2.00 bits per heavy atom. The second-order valence-electron chi connectivity index (χ2n) is 4.64. The second-order valence-corrected chi connectivity index (χ2v) is 5.69. The molecule has 1 aromatic heterocycles. The summed E-state index contributed by atoms with van der Waals surface area (Å²) in [5.41, 5.74) is 6.60. The highest BCUT2D eigenvalue weighted by Crippen LogP contribution is 2.22. The normalized spacial score (nSPS) is 10.5. The van der Waals surface area contributed by atoms with Crippen LogP contribution in [0.4, 0.5) is 5.69 Å². The average molecular weight is 318 g/mol. The van der Waals surface area contributed by atoms with Gasteiger partial charge in [-0.2, -0.15) is 5.10 Å². The van der Waals surface area contributed by atoms with Crippen molar-refractivity contribution in [2.75, 3.05) is 11.1 Å². The van der Waals surface area contributed by atoms with Gasteiger partial charge in [-0.1, -0.05) is 18.2 Å². The van der Waals surface area contributed by atoms with Crippen LogP contribution < -0.4 is 11.1 Å². The monoisotopic (exact) mass is 318 g/mol. The van der Waals surface area contributed by atoms with Crippen LogP contribution in [0.25, 0.3) is 0 Å². The minimum absolute atomic E-state index is 0.199. The maximum atomic E-state index is 12.1. The topological polar surface area (TPSA) is 90.0 Å². The van der Waals surface area contributed by atoms with E-state index in [2.05, 4.69) is 10.4 Å². The standard InChI is InChI=1S/C15H18N4O2S/c1-3-19-14(15(16)21)13(10(2)18-19)17-12(20)9-22-11-7-5-4-6-8-11/h4-8H,3,9H2,1-2H3,(H2,16,21)(H,17,20). The molecular formula is C15H18N4O2S. The van der Waals surface area contributed by atoms with Crippen molar-refractivity contribution in [2.24, 2.45) is 5.73 Å². The molecule has 0 aliphatic carbocycles. The lowest BCUT2D eigenvalue weighted by Crippen LogP contribution is -2.21. The SMILES string of the molecule is CCn1nc(C)c(NC(=O)CSc2ccccc2)c1C(N)=O. The number of benzene rings is 1. The molecule has 0 radical (unpaired) electrons. The van der Waals surface area contributed by atoms with Gasteiger partial charge in [0.25, 0.3) is 5.91 Å². The average Bonchev–Trinajstić information content (AvgIpc) is 2.82. The summed E-state index contributed by atoms with van der Waals surface area (Å²) in [4.78, 5) is 24.7. The van der Waals surface area contributed by atoms with Crippen LogP contribution in [0.3, 0.4) is 0 Å². The van der Waals surface area contributed by atoms with Crippen LogP contribution in [0, 0.1) is 6.92 Å². The first-order valence-corrected chi connectivity index (χ1v) is 7.86. The number of aromatic nitrogens is 2. The number of nitrogens with two attached hydrogens (primary N) is 1. The number of thioether (sulfide) groups is 1. The first-order chi connectivity index (χ1) is 10.5. The number of aryl methyl sites for hydroxylation is 2. The zero-order valence-electron chi connectivity index (χ0n) is 12.5. The van der Waals surface area contributed by atoms with Crippen molar-refractivity contribution in [2.45, 2.75) is 25.3 Å². The molecule has 7 heteroatoms. The van der Waals surface area contributed by atoms with E-state index < -0.39 is 5.91 Å². The van der Waals surface area contributed by atoms with E-state index in [0.717, 1.165) is 4.90 Å². The number of nitrogens with zero attached hydrogens (tertiary/aromatic N) is 2. The van der Waals surface area contributed by atoms with Crippen molar-refractivity contribution in [3.63, 3.8) is 0 Å². The van der Waals surface area contributed by atoms with Crippen LogP contribution in [0.1, 0.15) is 23.1 Å². The predicted octanol–water partition coefficient (Wildman–Crippen LogP) is 2.04. The molecule has 2 amide bonds. The molecule has 1 aromatic carbocycles. The number of primary amides is 1. The lowest BCUT2D eigenvalue weighted by atomic mass is 10.3. The van der Waals surface area contributed by atoms with Crippen LogP contribution in [-0.2, 0) is 11.3 Å². The molecule has 0 aliphatic rings. The van der Waals surface area contributed by atoms with Gasteiger partial charge in [-0.15, -0.1) is 11.8 Å². The van der Waals surface area contributed by atoms with Crippen molar-refractivity contribution >= 4 is 29.3 Å². The molecule has 3 N–H and O–H groups in total. The Hall–Kier alpha value is -2.28. The molecular weight excluding hydrogens is 300 g/mol. The van der Waals surface area contributed by atoms with E-state index in [4.69, 9.17) is 5.73 Å². The van der Waals surface area contributed by atoms with E-state index in [9.17, 15) is 9.59 Å². The highest BCUT2D eigenvalue weighted by Gasteiger charge is 2.20. The van der Waals surface area contributed by atoms with Crippen LogP contribution in [0.15, 0.2) is 35.2 Å². The van der Waals surface area contributed by atoms with Crippen molar-refractivity contribution in [1.29, 1.82) is 0 Å². The Labute approximate surface area is 133 Å². The summed E-state index contributed by atoms with van der Waals surface area (Å²) in [5, 5.41) is 6.96. The summed E-state index contributed by atoms with van der Waals surface area (Å²) in [6.45, 7) is 4.10. The molecule has 0 aliphatic heterocycles. The molecule has 0 unspecified atom stereocenters. The fourth-order valence-electron chi connectivity index (χ4n) is 2.05. The minimum atomic E-state index is -0.603. The Balaban J connectivity index is 2.08. The molecule has 6 nitrogen and oxygen atoms in total. The number of hydrogen-bond donors (Lipinski definition) is 2. The van der Waals surface area contributed by atoms with Gasteiger partial charge in [0.15, 0.2) is 0 Å². The third kappa shape index (κ3) is 3.67. The summed E-state index contributed by atoms with van der Waals surface area (Å²) in [7, 11) is 0. The van der Waals surface area contributed by atoms with Gasteiger partial charge in [0, 0.05) is 11.4 Å². The molecule has 0 saturated carbocycles. The second kappa shape index (κ2) is 7.13. The number of carbonyl (C=O) groups excluding carboxylic acids is 2. The van der Waals surface area contributed by atoms with Crippen molar-refractivity contribution in [3.05, 3.63) is 41.7 Å². The van der Waals surface area contributed by atoms with Gasteiger partial charge in [0.1, 0.15) is 5.69 Å². The largest absolute Gasteiger partial charge is 0.364 e. The molecule has 0 spiro atoms. The molecule has 116 valence electrons. The van der Waals surface area contributed by atoms with Gasteiger partial charge in [0.2, 0.25) is 5.91 Å². The van der Waals surface area contributed by atoms with Crippen molar-refractivity contribution in [1.82, 2.24) is 9.78 Å². The highest BCUT2D eigenvalue weighted by molar-refractivity contribution is 8.00. The highest BCUT2D eigenvalue weighted by atomic mass is 32.2. The van der Waals surface area contributed by atoms with E-state index in [1.807, 2.05) is 37.3 Å². The predicted molar refractivity (Wildman–Crippen MR) is 87.0 cm³/mol. The quantitative estimate of drug-likeness (QED) is 0.798. The Morgan fingerprint density at radius 3 is 2.59 bits per heavy atom. The Kier molecular flexibility index (Phi) is 5.21. The number of anilines is 1. The number of carbonyl (C=O) groups is 2. The van der Waals surface area contributed by atoms with Crippen LogP contribution in [0.5, 0.6) is 0 Å². The van der Waals surface area contributed by atoms with E-state index in [1.165, 1.54) is 16.4 Å². The molecule has 0 fully saturated rings. The third-order valence-corrected chi connectivity index (χ3v) is 4.05. The van der Waals surface area contributed by atoms with Crippen molar-refractivity contribution in [3.8, 4) is 0 Å². The van der Waals surface area contributed by atoms with E-state index in [-0.39, 0.29) is 17.4 Å². The lowest BCUT2D eigenvalue weighted by molar-refractivity contribution is -0.113. The molecule has 1 heterocycles. The first kappa shape index (κ1) is 16.1. The van der Waals surface area contributed by atoms with Crippen molar-refractivity contribution < 1.29 is 9.59 Å². The summed E-state index contributed by atoms with van der Waals surface area (Å²) < 4.78 is 1.50. The van der Waals surface area contributed by atoms with Crippen LogP contribution in [0.2, 0.25) is 0 Å². The number of hydrogen-bond acceptors (Lipinski definition) is 4. The summed E-state index contributed by atoms with van der Waals surface area (Å²) in [6, 6.07) is 9.63. The number of nitrogens with one attached hydrogen (secondary N) is 1. The van der Waals surface area contributed by atoms with Gasteiger partial charge < -0.3 is 11.1 Å². The lowest BCUT2D eigenvalue weighted by Gasteiger charge is -2.07. The molecule has 0 atom stereocenters. The maximum absolute atomic E-state index is 12.1. The minimum Gasteiger partial charge on any atom is -0.364 e. The molecule has 0 saturated heterocycles. The van der Waals surface area contributed by atoms with Gasteiger partial charge in [-0.3, -0.25) is 14.3 Å². The van der Waals surface area contributed by atoms with Gasteiger partial charge >= 0.3 is 0 Å². The molecule has 0 bridgehead atoms. The first-order valence-electron chi connectivity index (χ1n) is 6.87. The van der Waals surface area contributed by atoms with Gasteiger partial charge in [-0.25, -0.2) is 0 Å².